The van der Waals surface area contributed by atoms with Crippen LogP contribution in [-0.4, -0.2) is 31.6 Å². The first-order valence-electron chi connectivity index (χ1n) is 8.28. The van der Waals surface area contributed by atoms with Crippen molar-refractivity contribution < 1.29 is 4.79 Å². The van der Waals surface area contributed by atoms with Crippen molar-refractivity contribution in [2.24, 2.45) is 0 Å². The molecule has 0 bridgehead atoms. The summed E-state index contributed by atoms with van der Waals surface area (Å²) in [6, 6.07) is 17.7. The third-order valence-corrected chi connectivity index (χ3v) is 5.71. The number of rotatable bonds is 5. The number of carbonyl (C=O) groups is 1. The molecule has 0 saturated carbocycles. The van der Waals surface area contributed by atoms with Crippen LogP contribution in [0.1, 0.15) is 22.2 Å². The number of hydrogen-bond donors (Lipinski definition) is 0. The van der Waals surface area contributed by atoms with Gasteiger partial charge < -0.3 is 4.90 Å². The summed E-state index contributed by atoms with van der Waals surface area (Å²) in [6.45, 7) is 1.20. The van der Waals surface area contributed by atoms with Gasteiger partial charge in [0.25, 0.3) is 0 Å². The lowest BCUT2D eigenvalue weighted by Gasteiger charge is -2.22. The molecule has 1 aromatic heterocycles. The van der Waals surface area contributed by atoms with Crippen molar-refractivity contribution >= 4 is 29.3 Å². The van der Waals surface area contributed by atoms with Gasteiger partial charge >= 0.3 is 0 Å². The number of nitrogens with zero attached hydrogens (tertiary/aromatic N) is 4. The summed E-state index contributed by atoms with van der Waals surface area (Å²) in [5.41, 5.74) is 3.02. The van der Waals surface area contributed by atoms with Gasteiger partial charge in [-0.1, -0.05) is 59.3 Å². The number of aromatic nitrogens is 3. The van der Waals surface area contributed by atoms with E-state index in [1.165, 1.54) is 0 Å². The zero-order valence-electron chi connectivity index (χ0n) is 14.0. The second kappa shape index (κ2) is 7.51. The minimum atomic E-state index is -0.0957. The van der Waals surface area contributed by atoms with Crippen LogP contribution in [0.4, 0.5) is 0 Å². The maximum Gasteiger partial charge on any atom is 0.234 e. The Morgan fingerprint density at radius 3 is 2.54 bits per heavy atom. The average Bonchev–Trinajstić information content (AvgIpc) is 3.25. The number of thioether (sulfide) groups is 1. The summed E-state index contributed by atoms with van der Waals surface area (Å²) >= 11 is 7.52. The number of carbonyl (C=O) groups excluding carboxylic acids is 1. The molecule has 0 spiro atoms. The second-order valence-corrected chi connectivity index (χ2v) is 7.64. The molecule has 5 nitrogen and oxygen atoms in total. The summed E-state index contributed by atoms with van der Waals surface area (Å²) in [6.07, 6.45) is 1.92. The van der Waals surface area contributed by atoms with Gasteiger partial charge in [0.05, 0.1) is 18.5 Å². The molecule has 0 radical (unpaired) electrons. The highest BCUT2D eigenvalue weighted by Crippen LogP contribution is 2.38. The van der Waals surface area contributed by atoms with Crippen LogP contribution in [0.15, 0.2) is 60.8 Å². The van der Waals surface area contributed by atoms with Gasteiger partial charge in [0.15, 0.2) is 0 Å². The van der Waals surface area contributed by atoms with E-state index < -0.39 is 0 Å². The van der Waals surface area contributed by atoms with Crippen LogP contribution in [0.25, 0.3) is 0 Å². The summed E-state index contributed by atoms with van der Waals surface area (Å²) in [5, 5.41) is 9.16. The lowest BCUT2D eigenvalue weighted by Crippen LogP contribution is -2.27. The van der Waals surface area contributed by atoms with Crippen molar-refractivity contribution in [3.05, 3.63) is 82.6 Å². The van der Waals surface area contributed by atoms with Crippen LogP contribution in [-0.2, 0) is 17.9 Å². The number of hydrogen-bond acceptors (Lipinski definition) is 4. The molecule has 1 amide bonds. The normalized spacial score (nSPS) is 17.0. The lowest BCUT2D eigenvalue weighted by molar-refractivity contribution is -0.128. The monoisotopic (exact) mass is 384 g/mol. The molecule has 2 aromatic carbocycles. The van der Waals surface area contributed by atoms with Gasteiger partial charge in [0.2, 0.25) is 5.91 Å². The number of benzene rings is 2. The second-order valence-electron chi connectivity index (χ2n) is 6.14. The molecule has 26 heavy (non-hydrogen) atoms. The van der Waals surface area contributed by atoms with E-state index in [0.717, 1.165) is 16.8 Å². The van der Waals surface area contributed by atoms with E-state index in [9.17, 15) is 4.79 Å². The van der Waals surface area contributed by atoms with Crippen LogP contribution in [0.5, 0.6) is 0 Å². The van der Waals surface area contributed by atoms with Crippen molar-refractivity contribution in [2.75, 3.05) is 5.75 Å². The Kier molecular flexibility index (Phi) is 4.95. The molecule has 7 heteroatoms. The van der Waals surface area contributed by atoms with Crippen LogP contribution in [0.3, 0.4) is 0 Å². The molecule has 3 aromatic rings. The van der Waals surface area contributed by atoms with Crippen molar-refractivity contribution in [2.45, 2.75) is 18.5 Å². The Labute approximate surface area is 161 Å². The van der Waals surface area contributed by atoms with Gasteiger partial charge in [-0.2, -0.15) is 0 Å². The fourth-order valence-electron chi connectivity index (χ4n) is 2.93. The van der Waals surface area contributed by atoms with Gasteiger partial charge in [-0.3, -0.25) is 4.79 Å². The molecule has 0 unspecified atom stereocenters. The van der Waals surface area contributed by atoms with Crippen molar-refractivity contribution in [1.29, 1.82) is 0 Å². The van der Waals surface area contributed by atoms with Gasteiger partial charge in [0.1, 0.15) is 11.1 Å². The topological polar surface area (TPSA) is 51.0 Å². The molecular formula is C19H17ClN4OS. The maximum absolute atomic E-state index is 12.3. The minimum absolute atomic E-state index is 0.0957. The van der Waals surface area contributed by atoms with Crippen LogP contribution < -0.4 is 0 Å². The van der Waals surface area contributed by atoms with Crippen LogP contribution in [0, 0.1) is 0 Å². The lowest BCUT2D eigenvalue weighted by atomic mass is 10.2. The molecule has 1 aliphatic rings. The van der Waals surface area contributed by atoms with E-state index in [-0.39, 0.29) is 11.3 Å². The fourth-order valence-corrected chi connectivity index (χ4v) is 4.17. The fraction of sp³-hybridized carbons (Fsp3) is 0.211. The molecule has 0 aliphatic carbocycles. The molecule has 0 N–H and O–H groups in total. The molecule has 4 rings (SSSR count). The first-order valence-corrected chi connectivity index (χ1v) is 9.71. The summed E-state index contributed by atoms with van der Waals surface area (Å²) < 4.78 is 1.79. The standard InChI is InChI=1S/C19H17ClN4OS/c20-16-8-6-15(7-9-16)10-23-12-17(21-22-23)19-24(18(25)13-26-19)11-14-4-2-1-3-5-14/h1-9,12,19H,10-11,13H2/t19-/m0/s1. The Hall–Kier alpha value is -2.31. The smallest absolute Gasteiger partial charge is 0.234 e. The van der Waals surface area contributed by atoms with Crippen LogP contribution >= 0.6 is 23.4 Å². The van der Waals surface area contributed by atoms with Gasteiger partial charge in [-0.25, -0.2) is 4.68 Å². The van der Waals surface area contributed by atoms with Crippen molar-refractivity contribution in [3.8, 4) is 0 Å². The Morgan fingerprint density at radius 1 is 1.04 bits per heavy atom. The van der Waals surface area contributed by atoms with E-state index >= 15 is 0 Å². The van der Waals surface area contributed by atoms with Crippen molar-refractivity contribution in [1.82, 2.24) is 19.9 Å². The van der Waals surface area contributed by atoms with E-state index in [0.29, 0.717) is 23.9 Å². The predicted molar refractivity (Wildman–Crippen MR) is 103 cm³/mol. The van der Waals surface area contributed by atoms with E-state index in [2.05, 4.69) is 10.3 Å². The molecular weight excluding hydrogens is 368 g/mol. The molecule has 1 aliphatic heterocycles. The first kappa shape index (κ1) is 17.1. The number of amides is 1. The Bertz CT molecular complexity index is 897. The highest BCUT2D eigenvalue weighted by atomic mass is 35.5. The molecule has 1 fully saturated rings. The maximum atomic E-state index is 12.3. The van der Waals surface area contributed by atoms with Gasteiger partial charge in [-0.05, 0) is 23.3 Å². The summed E-state index contributed by atoms with van der Waals surface area (Å²) in [5.74, 6) is 0.609. The van der Waals surface area contributed by atoms with Crippen LogP contribution in [0.2, 0.25) is 5.02 Å². The number of halogens is 1. The molecule has 2 heterocycles. The third-order valence-electron chi connectivity index (χ3n) is 4.23. The third kappa shape index (κ3) is 3.76. The van der Waals surface area contributed by atoms with Gasteiger partial charge in [-0.15, -0.1) is 16.9 Å². The zero-order chi connectivity index (χ0) is 17.9. The van der Waals surface area contributed by atoms with E-state index in [4.69, 9.17) is 11.6 Å². The predicted octanol–water partition coefficient (Wildman–Crippen LogP) is 3.75. The summed E-state index contributed by atoms with van der Waals surface area (Å²) in [4.78, 5) is 14.2. The molecule has 132 valence electrons. The summed E-state index contributed by atoms with van der Waals surface area (Å²) in [7, 11) is 0. The Balaban J connectivity index is 1.50. The van der Waals surface area contributed by atoms with Gasteiger partial charge in [0, 0.05) is 11.6 Å². The Morgan fingerprint density at radius 2 is 1.77 bits per heavy atom. The highest BCUT2D eigenvalue weighted by molar-refractivity contribution is 8.00. The average molecular weight is 385 g/mol. The minimum Gasteiger partial charge on any atom is -0.320 e. The SMILES string of the molecule is O=C1CS[C@@H](c2cn(Cc3ccc(Cl)cc3)nn2)N1Cc1ccccc1. The first-order chi connectivity index (χ1) is 12.7. The highest BCUT2D eigenvalue weighted by Gasteiger charge is 2.34. The molecule has 1 saturated heterocycles. The quantitative estimate of drug-likeness (QED) is 0.672. The van der Waals surface area contributed by atoms with E-state index in [1.54, 1.807) is 16.4 Å². The zero-order valence-corrected chi connectivity index (χ0v) is 15.5. The molecule has 1 atom stereocenters. The largest absolute Gasteiger partial charge is 0.320 e. The van der Waals surface area contributed by atoms with Crippen molar-refractivity contribution in [3.63, 3.8) is 0 Å². The van der Waals surface area contributed by atoms with E-state index in [1.807, 2.05) is 65.7 Å².